The Morgan fingerprint density at radius 1 is 0.963 bits per heavy atom. The lowest BCUT2D eigenvalue weighted by molar-refractivity contribution is 0.0230. The molecule has 2 heterocycles. The molecule has 0 atom stereocenters. The predicted molar refractivity (Wildman–Crippen MR) is 112 cm³/mol. The molecule has 5 heteroatoms. The first-order valence-corrected chi connectivity index (χ1v) is 12.1. The van der Waals surface area contributed by atoms with Crippen LogP contribution in [0.3, 0.4) is 0 Å². The largest absolute Gasteiger partial charge is 0.301 e. The maximum atomic E-state index is 12.4. The first kappa shape index (κ1) is 20.8. The Labute approximate surface area is 165 Å². The van der Waals surface area contributed by atoms with Gasteiger partial charge >= 0.3 is 0 Å². The molecule has 152 valence electrons. The van der Waals surface area contributed by atoms with Crippen LogP contribution in [0.4, 0.5) is 0 Å². The molecule has 0 bridgehead atoms. The van der Waals surface area contributed by atoms with Crippen LogP contribution in [-0.4, -0.2) is 55.7 Å². The maximum Gasteiger partial charge on any atom is 0.180 e. The fourth-order valence-corrected chi connectivity index (χ4v) is 5.68. The molecular formula is C22H36N2O2S. The number of piperidine rings is 2. The van der Waals surface area contributed by atoms with E-state index in [2.05, 4.69) is 29.7 Å². The molecule has 2 aliphatic rings. The van der Waals surface area contributed by atoms with Gasteiger partial charge in [-0.1, -0.05) is 12.1 Å². The Hall–Kier alpha value is -0.910. The van der Waals surface area contributed by atoms with Crippen molar-refractivity contribution in [1.29, 1.82) is 0 Å². The number of hydrogen-bond donors (Lipinski definition) is 0. The van der Waals surface area contributed by atoms with Gasteiger partial charge < -0.3 is 4.90 Å². The monoisotopic (exact) mass is 392 g/mol. The number of rotatable bonds is 5. The van der Waals surface area contributed by atoms with Crippen LogP contribution in [0, 0.1) is 5.41 Å². The molecule has 1 aromatic rings. The van der Waals surface area contributed by atoms with E-state index in [1.54, 1.807) is 19.9 Å². The van der Waals surface area contributed by atoms with E-state index in [0.717, 1.165) is 25.2 Å². The van der Waals surface area contributed by atoms with Crippen molar-refractivity contribution in [3.8, 4) is 0 Å². The molecule has 4 nitrogen and oxygen atoms in total. The van der Waals surface area contributed by atoms with Crippen molar-refractivity contribution in [3.05, 3.63) is 29.8 Å². The summed E-state index contributed by atoms with van der Waals surface area (Å²) in [5, 5.41) is -0.376. The average Bonchev–Trinajstić information content (AvgIpc) is 2.64. The van der Waals surface area contributed by atoms with Crippen molar-refractivity contribution in [1.82, 2.24) is 9.80 Å². The summed E-state index contributed by atoms with van der Waals surface area (Å²) >= 11 is 0. The van der Waals surface area contributed by atoms with Crippen LogP contribution < -0.4 is 0 Å². The molecule has 0 radical (unpaired) electrons. The van der Waals surface area contributed by atoms with E-state index >= 15 is 0 Å². The zero-order valence-corrected chi connectivity index (χ0v) is 18.3. The molecule has 1 aromatic carbocycles. The van der Waals surface area contributed by atoms with E-state index in [9.17, 15) is 8.42 Å². The van der Waals surface area contributed by atoms with Crippen LogP contribution in [0.1, 0.15) is 58.9 Å². The maximum absolute atomic E-state index is 12.4. The molecule has 2 saturated heterocycles. The highest BCUT2D eigenvalue weighted by Gasteiger charge is 2.37. The smallest absolute Gasteiger partial charge is 0.180 e. The topological polar surface area (TPSA) is 40.6 Å². The van der Waals surface area contributed by atoms with E-state index in [1.165, 1.54) is 38.8 Å². The van der Waals surface area contributed by atoms with Gasteiger partial charge in [-0.3, -0.25) is 4.90 Å². The van der Waals surface area contributed by atoms with E-state index in [4.69, 9.17) is 0 Å². The van der Waals surface area contributed by atoms with Crippen molar-refractivity contribution in [2.75, 3.05) is 26.2 Å². The molecule has 0 amide bonds. The highest BCUT2D eigenvalue weighted by molar-refractivity contribution is 7.92. The summed E-state index contributed by atoms with van der Waals surface area (Å²) in [5.74, 6) is 0. The Kier molecular flexibility index (Phi) is 6.34. The molecule has 1 spiro atoms. The Morgan fingerprint density at radius 2 is 1.56 bits per heavy atom. The normalized spacial score (nSPS) is 22.0. The lowest BCUT2D eigenvalue weighted by atomic mass is 9.71. The Bertz CT molecular complexity index is 724. The second kappa shape index (κ2) is 8.22. The van der Waals surface area contributed by atoms with Crippen LogP contribution in [0.25, 0.3) is 0 Å². The van der Waals surface area contributed by atoms with Crippen LogP contribution in [-0.2, 0) is 16.4 Å². The lowest BCUT2D eigenvalue weighted by Crippen LogP contribution is -2.48. The van der Waals surface area contributed by atoms with Crippen molar-refractivity contribution in [3.63, 3.8) is 0 Å². The molecule has 3 rings (SSSR count). The first-order chi connectivity index (χ1) is 12.7. The van der Waals surface area contributed by atoms with E-state index in [-0.39, 0.29) is 5.25 Å². The minimum atomic E-state index is -3.20. The second-order valence-corrected chi connectivity index (χ2v) is 11.7. The van der Waals surface area contributed by atoms with Crippen molar-refractivity contribution >= 4 is 9.84 Å². The van der Waals surface area contributed by atoms with Crippen LogP contribution in [0.15, 0.2) is 29.2 Å². The number of benzene rings is 1. The number of likely N-dealkylation sites (tertiary alicyclic amines) is 2. The number of sulfone groups is 1. The summed E-state index contributed by atoms with van der Waals surface area (Å²) in [6, 6.07) is 8.22. The predicted octanol–water partition coefficient (Wildman–Crippen LogP) is 3.96. The van der Waals surface area contributed by atoms with Gasteiger partial charge in [0.05, 0.1) is 10.1 Å². The van der Waals surface area contributed by atoms with E-state index in [1.807, 2.05) is 12.1 Å². The summed E-state index contributed by atoms with van der Waals surface area (Å²) in [5.41, 5.74) is 1.66. The molecule has 0 saturated carbocycles. The molecule has 2 fully saturated rings. The standard InChI is InChI=1S/C22H36N2O2S/c1-18(2)24-14-10-22(11-15-24)8-12-23(13-9-22)17-20-6-5-7-21(16-20)27(25,26)19(3)4/h5-7,16,18-19H,8-15,17H2,1-4H3. The highest BCUT2D eigenvalue weighted by atomic mass is 32.2. The minimum Gasteiger partial charge on any atom is -0.301 e. The summed E-state index contributed by atoms with van der Waals surface area (Å²) in [6.07, 6.45) is 5.23. The van der Waals surface area contributed by atoms with Gasteiger partial charge in [0.2, 0.25) is 0 Å². The van der Waals surface area contributed by atoms with E-state index < -0.39 is 9.84 Å². The Balaban J connectivity index is 1.57. The van der Waals surface area contributed by atoms with Crippen molar-refractivity contribution in [2.24, 2.45) is 5.41 Å². The summed E-state index contributed by atoms with van der Waals surface area (Å²) in [6.45, 7) is 13.7. The molecule has 0 N–H and O–H groups in total. The van der Waals surface area contributed by atoms with Gasteiger partial charge in [-0.25, -0.2) is 8.42 Å². The molecule has 27 heavy (non-hydrogen) atoms. The minimum absolute atomic E-state index is 0.376. The van der Waals surface area contributed by atoms with E-state index in [0.29, 0.717) is 16.4 Å². The quantitative estimate of drug-likeness (QED) is 0.761. The third-order valence-corrected chi connectivity index (χ3v) is 8.91. The summed E-state index contributed by atoms with van der Waals surface area (Å²) in [7, 11) is -3.20. The molecule has 0 aromatic heterocycles. The van der Waals surface area contributed by atoms with Gasteiger partial charge in [-0.2, -0.15) is 0 Å². The van der Waals surface area contributed by atoms with Crippen LogP contribution in [0.2, 0.25) is 0 Å². The summed E-state index contributed by atoms with van der Waals surface area (Å²) < 4.78 is 24.9. The second-order valence-electron chi connectivity index (χ2n) is 9.15. The van der Waals surface area contributed by atoms with Crippen molar-refractivity contribution < 1.29 is 8.42 Å². The highest BCUT2D eigenvalue weighted by Crippen LogP contribution is 2.41. The van der Waals surface area contributed by atoms with Gasteiger partial charge in [-0.15, -0.1) is 0 Å². The van der Waals surface area contributed by atoms with Gasteiger partial charge in [0.1, 0.15) is 0 Å². The first-order valence-electron chi connectivity index (χ1n) is 10.5. The van der Waals surface area contributed by atoms with Crippen LogP contribution in [0.5, 0.6) is 0 Å². The van der Waals surface area contributed by atoms with Gasteiger partial charge in [0.15, 0.2) is 9.84 Å². The third-order valence-electron chi connectivity index (χ3n) is 6.76. The summed E-state index contributed by atoms with van der Waals surface area (Å²) in [4.78, 5) is 5.57. The molecular weight excluding hydrogens is 356 g/mol. The van der Waals surface area contributed by atoms with Gasteiger partial charge in [0, 0.05) is 12.6 Å². The molecule has 2 aliphatic heterocycles. The zero-order valence-electron chi connectivity index (χ0n) is 17.4. The molecule has 0 unspecified atom stereocenters. The van der Waals surface area contributed by atoms with Gasteiger partial charge in [0.25, 0.3) is 0 Å². The van der Waals surface area contributed by atoms with Crippen molar-refractivity contribution in [2.45, 2.75) is 76.1 Å². The molecule has 0 aliphatic carbocycles. The third kappa shape index (κ3) is 4.75. The fraction of sp³-hybridized carbons (Fsp3) is 0.727. The fourth-order valence-electron chi connectivity index (χ4n) is 4.55. The lowest BCUT2D eigenvalue weighted by Gasteiger charge is -2.47. The van der Waals surface area contributed by atoms with Crippen LogP contribution >= 0.6 is 0 Å². The number of nitrogens with zero attached hydrogens (tertiary/aromatic N) is 2. The Morgan fingerprint density at radius 3 is 2.11 bits per heavy atom. The average molecular weight is 393 g/mol. The number of hydrogen-bond acceptors (Lipinski definition) is 4. The SMILES string of the molecule is CC(C)N1CCC2(CCN(Cc3cccc(S(=O)(=O)C(C)C)c3)CC2)CC1. The van der Waals surface area contributed by atoms with Gasteiger partial charge in [-0.05, 0) is 103 Å². The zero-order chi connectivity index (χ0) is 19.7.